The van der Waals surface area contributed by atoms with Gasteiger partial charge in [-0.15, -0.1) is 0 Å². The smallest absolute Gasteiger partial charge is 0.409 e. The largest absolute Gasteiger partial charge is 0.465 e. The molecule has 3 atom stereocenters. The summed E-state index contributed by atoms with van der Waals surface area (Å²) in [7, 11) is 0. The van der Waals surface area contributed by atoms with Gasteiger partial charge >= 0.3 is 6.09 Å². The fourth-order valence-corrected chi connectivity index (χ4v) is 4.31. The zero-order chi connectivity index (χ0) is 24.1. The predicted octanol–water partition coefficient (Wildman–Crippen LogP) is 3.58. The summed E-state index contributed by atoms with van der Waals surface area (Å²) in [5, 5.41) is 12.8. The van der Waals surface area contributed by atoms with Gasteiger partial charge in [0.05, 0.1) is 6.04 Å². The summed E-state index contributed by atoms with van der Waals surface area (Å²) in [5.74, 6) is -1.87. The van der Waals surface area contributed by atoms with Gasteiger partial charge in [-0.1, -0.05) is 63.9 Å². The average molecular weight is 446 g/mol. The number of hydrogen-bond donors (Lipinski definition) is 2. The van der Waals surface area contributed by atoms with Crippen LogP contribution in [0.3, 0.4) is 0 Å². The highest BCUT2D eigenvalue weighted by molar-refractivity contribution is 6.38. The molecule has 1 heterocycles. The van der Waals surface area contributed by atoms with Crippen LogP contribution >= 0.6 is 0 Å². The molecule has 1 saturated heterocycles. The van der Waals surface area contributed by atoms with Crippen molar-refractivity contribution in [1.82, 2.24) is 15.1 Å². The number of nitrogens with zero attached hydrogens (tertiary/aromatic N) is 2. The summed E-state index contributed by atoms with van der Waals surface area (Å²) in [6, 6.07) is 7.67. The van der Waals surface area contributed by atoms with Crippen LogP contribution in [0.5, 0.6) is 0 Å². The molecule has 176 valence electrons. The molecule has 0 saturated carbocycles. The first-order valence-corrected chi connectivity index (χ1v) is 11.2. The number of likely N-dealkylation sites (tertiary alicyclic amines) is 1. The van der Waals surface area contributed by atoms with Crippen LogP contribution in [0, 0.1) is 5.41 Å². The van der Waals surface area contributed by atoms with Crippen molar-refractivity contribution in [3.8, 4) is 0 Å². The first-order valence-electron chi connectivity index (χ1n) is 11.2. The predicted molar refractivity (Wildman–Crippen MR) is 121 cm³/mol. The Morgan fingerprint density at radius 3 is 2.38 bits per heavy atom. The van der Waals surface area contributed by atoms with E-state index in [1.807, 2.05) is 51.1 Å². The van der Waals surface area contributed by atoms with Crippen molar-refractivity contribution in [3.63, 3.8) is 0 Å². The molecule has 1 aromatic carbocycles. The molecule has 2 unspecified atom stereocenters. The summed E-state index contributed by atoms with van der Waals surface area (Å²) in [4.78, 5) is 53.2. The molecule has 3 amide bonds. The van der Waals surface area contributed by atoms with Crippen LogP contribution in [0.1, 0.15) is 71.9 Å². The molecule has 1 aliphatic rings. The molecular formula is C24H35N3O5. The number of rotatable bonds is 9. The monoisotopic (exact) mass is 445 g/mol. The minimum Gasteiger partial charge on any atom is -0.465 e. The topological polar surface area (TPSA) is 107 Å². The third-order valence-corrected chi connectivity index (χ3v) is 5.98. The molecule has 0 spiro atoms. The summed E-state index contributed by atoms with van der Waals surface area (Å²) >= 11 is 0. The third kappa shape index (κ3) is 6.08. The number of benzene rings is 1. The van der Waals surface area contributed by atoms with Crippen LogP contribution in [0.4, 0.5) is 4.79 Å². The van der Waals surface area contributed by atoms with E-state index < -0.39 is 36.0 Å². The maximum absolute atomic E-state index is 13.2. The molecule has 2 N–H and O–H groups in total. The summed E-state index contributed by atoms with van der Waals surface area (Å²) < 4.78 is 0. The summed E-state index contributed by atoms with van der Waals surface area (Å²) in [6.45, 7) is 9.41. The Balaban J connectivity index is 2.31. The van der Waals surface area contributed by atoms with E-state index in [-0.39, 0.29) is 17.7 Å². The van der Waals surface area contributed by atoms with Crippen molar-refractivity contribution in [2.45, 2.75) is 78.6 Å². The highest BCUT2D eigenvalue weighted by Gasteiger charge is 2.47. The fraction of sp³-hybridized carbons (Fsp3) is 0.583. The van der Waals surface area contributed by atoms with Crippen molar-refractivity contribution in [1.29, 1.82) is 0 Å². The van der Waals surface area contributed by atoms with Crippen LogP contribution < -0.4 is 5.32 Å². The Morgan fingerprint density at radius 2 is 1.84 bits per heavy atom. The van der Waals surface area contributed by atoms with Crippen molar-refractivity contribution in [2.75, 3.05) is 6.54 Å². The molecule has 0 aliphatic carbocycles. The fourth-order valence-electron chi connectivity index (χ4n) is 4.31. The molecule has 0 bridgehead atoms. The second-order valence-electron chi connectivity index (χ2n) is 9.31. The number of carboxylic acid groups (broad SMARTS) is 1. The van der Waals surface area contributed by atoms with E-state index in [1.54, 1.807) is 6.92 Å². The number of nitrogens with one attached hydrogen (secondary N) is 1. The van der Waals surface area contributed by atoms with E-state index in [0.29, 0.717) is 19.4 Å². The summed E-state index contributed by atoms with van der Waals surface area (Å²) in [6.07, 6.45) is -0.152. The molecule has 32 heavy (non-hydrogen) atoms. The maximum atomic E-state index is 13.2. The number of Topliss-reactive ketones (excluding diaryl/α,β-unsaturated/α-hetero) is 1. The molecule has 1 aromatic rings. The number of carbonyl (C=O) groups excluding carboxylic acids is 3. The second-order valence-corrected chi connectivity index (χ2v) is 9.31. The molecule has 8 nitrogen and oxygen atoms in total. The highest BCUT2D eigenvalue weighted by atomic mass is 16.4. The van der Waals surface area contributed by atoms with E-state index >= 15 is 0 Å². The van der Waals surface area contributed by atoms with E-state index in [1.165, 1.54) is 11.8 Å². The van der Waals surface area contributed by atoms with Gasteiger partial charge in [0.25, 0.3) is 5.91 Å². The van der Waals surface area contributed by atoms with Gasteiger partial charge in [0.1, 0.15) is 12.2 Å². The lowest BCUT2D eigenvalue weighted by Gasteiger charge is -2.37. The lowest BCUT2D eigenvalue weighted by atomic mass is 9.91. The minimum absolute atomic E-state index is 0.220. The number of ketones is 1. The van der Waals surface area contributed by atoms with E-state index in [2.05, 4.69) is 5.32 Å². The number of hydrogen-bond acceptors (Lipinski definition) is 4. The van der Waals surface area contributed by atoms with Gasteiger partial charge in [-0.25, -0.2) is 4.79 Å². The number of amides is 3. The normalized spacial score (nSPS) is 19.2. The SMILES string of the molecule is CCCC[C@@H](C(=O)C(=O)NC(C)c1ccccc1)N(C(=O)O)C1CC(C)(C)CN1C(C)=O. The van der Waals surface area contributed by atoms with Crippen LogP contribution in [-0.2, 0) is 14.4 Å². The lowest BCUT2D eigenvalue weighted by Crippen LogP contribution is -2.58. The third-order valence-electron chi connectivity index (χ3n) is 5.98. The van der Waals surface area contributed by atoms with Gasteiger partial charge in [0.2, 0.25) is 11.7 Å². The minimum atomic E-state index is -1.31. The zero-order valence-electron chi connectivity index (χ0n) is 19.6. The van der Waals surface area contributed by atoms with Crippen molar-refractivity contribution in [2.24, 2.45) is 5.41 Å². The molecule has 0 radical (unpaired) electrons. The summed E-state index contributed by atoms with van der Waals surface area (Å²) in [5.41, 5.74) is 0.543. The van der Waals surface area contributed by atoms with E-state index in [4.69, 9.17) is 0 Å². The van der Waals surface area contributed by atoms with Gasteiger partial charge in [-0.3, -0.25) is 19.3 Å². The molecule has 1 aliphatic heterocycles. The van der Waals surface area contributed by atoms with E-state index in [0.717, 1.165) is 16.9 Å². The molecular weight excluding hydrogens is 410 g/mol. The standard InChI is InChI=1S/C24H35N3O5/c1-6-7-13-19(21(29)22(30)25-16(2)18-11-9-8-10-12-18)27(23(31)32)20-14-24(4,5)15-26(20)17(3)28/h8-12,16,19-20H,6-7,13-15H2,1-5H3,(H,25,30)(H,31,32)/t16?,19-,20?/m0/s1. The van der Waals surface area contributed by atoms with Gasteiger partial charge in [0, 0.05) is 13.5 Å². The molecule has 8 heteroatoms. The highest BCUT2D eigenvalue weighted by Crippen LogP contribution is 2.37. The van der Waals surface area contributed by atoms with Crippen molar-refractivity contribution < 1.29 is 24.3 Å². The van der Waals surface area contributed by atoms with Gasteiger partial charge in [-0.05, 0) is 30.7 Å². The molecule has 0 aromatic heterocycles. The first kappa shape index (κ1) is 25.4. The van der Waals surface area contributed by atoms with E-state index in [9.17, 15) is 24.3 Å². The van der Waals surface area contributed by atoms with Crippen molar-refractivity contribution in [3.05, 3.63) is 35.9 Å². The average Bonchev–Trinajstić information content (AvgIpc) is 3.05. The van der Waals surface area contributed by atoms with Crippen LogP contribution in [0.15, 0.2) is 30.3 Å². The lowest BCUT2D eigenvalue weighted by molar-refractivity contribution is -0.143. The first-order chi connectivity index (χ1) is 15.0. The quantitative estimate of drug-likeness (QED) is 0.565. The van der Waals surface area contributed by atoms with Gasteiger partial charge in [-0.2, -0.15) is 0 Å². The van der Waals surface area contributed by atoms with Crippen LogP contribution in [0.25, 0.3) is 0 Å². The number of unbranched alkanes of at least 4 members (excludes halogenated alkanes) is 1. The van der Waals surface area contributed by atoms with Crippen LogP contribution in [0.2, 0.25) is 0 Å². The Kier molecular flexibility index (Phi) is 8.41. The van der Waals surface area contributed by atoms with Crippen LogP contribution in [-0.4, -0.2) is 57.3 Å². The van der Waals surface area contributed by atoms with Gasteiger partial charge in [0.15, 0.2) is 0 Å². The Bertz CT molecular complexity index is 839. The second kappa shape index (κ2) is 10.6. The zero-order valence-corrected chi connectivity index (χ0v) is 19.6. The Hall–Kier alpha value is -2.90. The molecule has 1 fully saturated rings. The van der Waals surface area contributed by atoms with Gasteiger partial charge < -0.3 is 15.3 Å². The van der Waals surface area contributed by atoms with Crippen molar-refractivity contribution >= 4 is 23.7 Å². The Labute approximate surface area is 190 Å². The molecule has 2 rings (SSSR count). The maximum Gasteiger partial charge on any atom is 0.409 e. The number of carbonyl (C=O) groups is 4. The Morgan fingerprint density at radius 1 is 1.22 bits per heavy atom.